The van der Waals surface area contributed by atoms with Crippen LogP contribution in [0.2, 0.25) is 0 Å². The van der Waals surface area contributed by atoms with Crippen LogP contribution in [0.1, 0.15) is 48.7 Å². The van der Waals surface area contributed by atoms with E-state index in [9.17, 15) is 9.90 Å². The molecule has 0 radical (unpaired) electrons. The smallest absolute Gasteiger partial charge is 0.270 e. The molecule has 3 atom stereocenters. The molecule has 134 valence electrons. The third kappa shape index (κ3) is 2.49. The number of aliphatic hydroxyl groups excluding tert-OH is 1. The molecule has 1 saturated carbocycles. The Hall–Kier alpha value is -1.85. The van der Waals surface area contributed by atoms with Crippen LogP contribution in [0, 0.1) is 0 Å². The van der Waals surface area contributed by atoms with Gasteiger partial charge in [-0.1, -0.05) is 25.1 Å². The van der Waals surface area contributed by atoms with Gasteiger partial charge < -0.3 is 19.7 Å². The molecule has 25 heavy (non-hydrogen) atoms. The molecular formula is C20H26N2O3. The van der Waals surface area contributed by atoms with Crippen LogP contribution in [0.4, 0.5) is 0 Å². The van der Waals surface area contributed by atoms with Crippen LogP contribution in [-0.4, -0.2) is 52.3 Å². The van der Waals surface area contributed by atoms with Crippen LogP contribution >= 0.6 is 0 Å². The number of nitrogens with zero attached hydrogens (tertiary/aromatic N) is 1. The first-order valence-corrected chi connectivity index (χ1v) is 9.23. The molecule has 5 heteroatoms. The lowest BCUT2D eigenvalue weighted by atomic mass is 9.79. The lowest BCUT2D eigenvalue weighted by molar-refractivity contribution is -0.0824. The molecule has 1 aliphatic heterocycles. The summed E-state index contributed by atoms with van der Waals surface area (Å²) in [4.78, 5) is 18.6. The Morgan fingerprint density at radius 3 is 2.96 bits per heavy atom. The van der Waals surface area contributed by atoms with Gasteiger partial charge in [0.25, 0.3) is 5.91 Å². The number of ether oxygens (including phenoxy) is 1. The van der Waals surface area contributed by atoms with Crippen LogP contribution in [0.3, 0.4) is 0 Å². The number of hydrogen-bond acceptors (Lipinski definition) is 3. The van der Waals surface area contributed by atoms with Crippen molar-refractivity contribution in [2.24, 2.45) is 0 Å². The Morgan fingerprint density at radius 1 is 1.40 bits per heavy atom. The molecular weight excluding hydrogens is 316 g/mol. The van der Waals surface area contributed by atoms with Gasteiger partial charge in [0.15, 0.2) is 0 Å². The zero-order valence-corrected chi connectivity index (χ0v) is 14.9. The van der Waals surface area contributed by atoms with Crippen LogP contribution in [-0.2, 0) is 11.2 Å². The number of rotatable bonds is 3. The van der Waals surface area contributed by atoms with E-state index in [4.69, 9.17) is 4.74 Å². The van der Waals surface area contributed by atoms with Crippen LogP contribution < -0.4 is 0 Å². The Labute approximate surface area is 148 Å². The van der Waals surface area contributed by atoms with Gasteiger partial charge in [0.1, 0.15) is 5.69 Å². The lowest BCUT2D eigenvalue weighted by Gasteiger charge is -2.42. The summed E-state index contributed by atoms with van der Waals surface area (Å²) in [6.45, 7) is 2.77. The topological polar surface area (TPSA) is 65.6 Å². The van der Waals surface area contributed by atoms with Crippen molar-refractivity contribution < 1.29 is 14.6 Å². The number of methoxy groups -OCH3 is 1. The predicted octanol–water partition coefficient (Wildman–Crippen LogP) is 2.87. The van der Waals surface area contributed by atoms with Gasteiger partial charge >= 0.3 is 0 Å². The number of H-pyrrole nitrogens is 1. The number of carbonyl (C=O) groups excluding carboxylic acids is 1. The van der Waals surface area contributed by atoms with Crippen molar-refractivity contribution in [3.8, 4) is 0 Å². The van der Waals surface area contributed by atoms with Gasteiger partial charge in [0.05, 0.1) is 17.7 Å². The van der Waals surface area contributed by atoms with E-state index >= 15 is 0 Å². The number of carbonyl (C=O) groups is 1. The highest BCUT2D eigenvalue weighted by Gasteiger charge is 2.52. The quantitative estimate of drug-likeness (QED) is 0.901. The van der Waals surface area contributed by atoms with E-state index < -0.39 is 0 Å². The monoisotopic (exact) mass is 342 g/mol. The molecule has 4 rings (SSSR count). The molecule has 2 fully saturated rings. The van der Waals surface area contributed by atoms with Crippen molar-refractivity contribution in [1.29, 1.82) is 0 Å². The maximum absolute atomic E-state index is 13.4. The van der Waals surface area contributed by atoms with Gasteiger partial charge in [-0.15, -0.1) is 0 Å². The summed E-state index contributed by atoms with van der Waals surface area (Å²) in [5.41, 5.74) is 2.47. The molecule has 2 aliphatic rings. The Morgan fingerprint density at radius 2 is 2.20 bits per heavy atom. The zero-order chi connectivity index (χ0) is 17.6. The van der Waals surface area contributed by atoms with E-state index in [0.717, 1.165) is 42.1 Å². The SMILES string of the molecule is CCc1c(C(=O)N2CC[C@]3(OC)CC[C@H](O)C[C@H]23)[nH]c2ccccc12. The highest BCUT2D eigenvalue weighted by Crippen LogP contribution is 2.43. The van der Waals surface area contributed by atoms with E-state index in [-0.39, 0.29) is 23.7 Å². The fraction of sp³-hybridized carbons (Fsp3) is 0.550. The number of aromatic amines is 1. The standard InChI is InChI=1S/C20H26N2O3/c1-3-14-15-6-4-5-7-16(15)21-18(14)19(24)22-11-10-20(25-2)9-8-13(23)12-17(20)22/h4-7,13,17,21,23H,3,8-12H2,1-2H3/t13-,17-,20+/m0/s1. The summed E-state index contributed by atoms with van der Waals surface area (Å²) < 4.78 is 5.87. The number of nitrogens with one attached hydrogen (secondary N) is 1. The summed E-state index contributed by atoms with van der Waals surface area (Å²) >= 11 is 0. The lowest BCUT2D eigenvalue weighted by Crippen LogP contribution is -2.52. The number of aryl methyl sites for hydroxylation is 1. The largest absolute Gasteiger partial charge is 0.393 e. The van der Waals surface area contributed by atoms with Gasteiger partial charge in [-0.3, -0.25) is 4.79 Å². The zero-order valence-electron chi connectivity index (χ0n) is 14.9. The fourth-order valence-electron chi connectivity index (χ4n) is 4.81. The number of hydrogen-bond donors (Lipinski definition) is 2. The Balaban J connectivity index is 1.72. The molecule has 1 aromatic heterocycles. The first kappa shape index (κ1) is 16.6. The molecule has 2 N–H and O–H groups in total. The van der Waals surface area contributed by atoms with E-state index in [0.29, 0.717) is 18.7 Å². The first-order chi connectivity index (χ1) is 12.1. The van der Waals surface area contributed by atoms with E-state index in [2.05, 4.69) is 18.0 Å². The normalized spacial score (nSPS) is 29.2. The van der Waals surface area contributed by atoms with Crippen molar-refractivity contribution in [2.75, 3.05) is 13.7 Å². The fourth-order valence-corrected chi connectivity index (χ4v) is 4.81. The maximum Gasteiger partial charge on any atom is 0.270 e. The third-order valence-corrected chi connectivity index (χ3v) is 6.20. The predicted molar refractivity (Wildman–Crippen MR) is 96.7 cm³/mol. The molecule has 0 bridgehead atoms. The number of aliphatic hydroxyl groups is 1. The minimum absolute atomic E-state index is 0.0334. The van der Waals surface area contributed by atoms with Crippen molar-refractivity contribution in [2.45, 2.75) is 56.8 Å². The summed E-state index contributed by atoms with van der Waals surface area (Å²) in [6.07, 6.45) is 3.46. The van der Waals surface area contributed by atoms with Crippen molar-refractivity contribution in [1.82, 2.24) is 9.88 Å². The van der Waals surface area contributed by atoms with Gasteiger partial charge in [-0.2, -0.15) is 0 Å². The van der Waals surface area contributed by atoms with Crippen molar-refractivity contribution >= 4 is 16.8 Å². The van der Waals surface area contributed by atoms with E-state index in [1.165, 1.54) is 0 Å². The average molecular weight is 342 g/mol. The first-order valence-electron chi connectivity index (χ1n) is 9.23. The van der Waals surface area contributed by atoms with Crippen LogP contribution in [0.25, 0.3) is 10.9 Å². The molecule has 1 aliphatic carbocycles. The number of para-hydroxylation sites is 1. The number of amides is 1. The highest BCUT2D eigenvalue weighted by molar-refractivity contribution is 6.01. The molecule has 0 spiro atoms. The van der Waals surface area contributed by atoms with E-state index in [1.54, 1.807) is 7.11 Å². The molecule has 1 amide bonds. The summed E-state index contributed by atoms with van der Waals surface area (Å²) in [5, 5.41) is 11.3. The second kappa shape index (κ2) is 6.15. The Bertz CT molecular complexity index is 799. The van der Waals surface area contributed by atoms with Gasteiger partial charge in [0, 0.05) is 24.6 Å². The van der Waals surface area contributed by atoms with Crippen molar-refractivity contribution in [3.63, 3.8) is 0 Å². The van der Waals surface area contributed by atoms with Gasteiger partial charge in [-0.05, 0) is 43.7 Å². The minimum Gasteiger partial charge on any atom is -0.393 e. The average Bonchev–Trinajstić information content (AvgIpc) is 3.19. The molecule has 1 saturated heterocycles. The molecule has 2 heterocycles. The summed E-state index contributed by atoms with van der Waals surface area (Å²) in [6, 6.07) is 8.02. The number of fused-ring (bicyclic) bond motifs is 2. The summed E-state index contributed by atoms with van der Waals surface area (Å²) in [7, 11) is 1.74. The van der Waals surface area contributed by atoms with Crippen LogP contribution in [0.5, 0.6) is 0 Å². The van der Waals surface area contributed by atoms with E-state index in [1.807, 2.05) is 23.1 Å². The second-order valence-electron chi connectivity index (χ2n) is 7.34. The third-order valence-electron chi connectivity index (χ3n) is 6.20. The summed E-state index contributed by atoms with van der Waals surface area (Å²) in [5.74, 6) is 0.0334. The molecule has 1 aromatic carbocycles. The number of benzene rings is 1. The Kier molecular flexibility index (Phi) is 4.08. The molecule has 0 unspecified atom stereocenters. The highest BCUT2D eigenvalue weighted by atomic mass is 16.5. The minimum atomic E-state index is -0.352. The second-order valence-corrected chi connectivity index (χ2v) is 7.34. The maximum atomic E-state index is 13.4. The van der Waals surface area contributed by atoms with Crippen molar-refractivity contribution in [3.05, 3.63) is 35.5 Å². The van der Waals surface area contributed by atoms with Gasteiger partial charge in [-0.25, -0.2) is 0 Å². The molecule has 2 aromatic rings. The van der Waals surface area contributed by atoms with Gasteiger partial charge in [0.2, 0.25) is 0 Å². The number of aromatic nitrogens is 1. The molecule has 5 nitrogen and oxygen atoms in total. The van der Waals surface area contributed by atoms with Crippen LogP contribution in [0.15, 0.2) is 24.3 Å². The number of likely N-dealkylation sites (tertiary alicyclic amines) is 1.